The molecule has 1 amide bonds. The molecule has 0 fully saturated rings. The molecule has 1 heterocycles. The second kappa shape index (κ2) is 10.8. The number of anilines is 1. The van der Waals surface area contributed by atoms with Crippen molar-refractivity contribution < 1.29 is 9.53 Å². The lowest BCUT2D eigenvalue weighted by molar-refractivity contribution is -0.115. The van der Waals surface area contributed by atoms with Crippen LogP contribution in [0.2, 0.25) is 0 Å². The summed E-state index contributed by atoms with van der Waals surface area (Å²) in [4.78, 5) is 19.1. The topological polar surface area (TPSA) is 54.5 Å². The highest BCUT2D eigenvalue weighted by Gasteiger charge is 2.16. The number of nitrogens with one attached hydrogen (secondary N) is 1. The van der Waals surface area contributed by atoms with E-state index in [4.69, 9.17) is 4.74 Å². The first kappa shape index (κ1) is 23.2. The van der Waals surface area contributed by atoms with Gasteiger partial charge in [0, 0.05) is 37.1 Å². The lowest BCUT2D eigenvalue weighted by atomic mass is 9.88. The number of likely N-dealkylation sites (N-methyl/N-ethyl adjacent to an activating group) is 1. The number of nitrogens with zero attached hydrogens (tertiary/aromatic N) is 2. The van der Waals surface area contributed by atoms with Gasteiger partial charge < -0.3 is 15.0 Å². The van der Waals surface area contributed by atoms with Crippen LogP contribution in [0.1, 0.15) is 24.8 Å². The van der Waals surface area contributed by atoms with Gasteiger partial charge in [0.25, 0.3) is 0 Å². The number of fused-ring (bicyclic) bond motifs is 1. The maximum Gasteiger partial charge on any atom is 0.228 e. The zero-order valence-electron chi connectivity index (χ0n) is 19.0. The van der Waals surface area contributed by atoms with E-state index in [9.17, 15) is 4.79 Å². The molecule has 1 N–H and O–H groups in total. The summed E-state index contributed by atoms with van der Waals surface area (Å²) in [6.45, 7) is 1.40. The Kier molecular flexibility index (Phi) is 7.57. The fourth-order valence-corrected chi connectivity index (χ4v) is 4.43. The first-order valence-corrected chi connectivity index (χ1v) is 11.9. The van der Waals surface area contributed by atoms with Gasteiger partial charge in [0.2, 0.25) is 5.91 Å². The molecule has 33 heavy (non-hydrogen) atoms. The number of pyridine rings is 1. The number of amides is 1. The molecule has 1 aliphatic rings. The van der Waals surface area contributed by atoms with Crippen LogP contribution in [0.5, 0.6) is 5.75 Å². The van der Waals surface area contributed by atoms with Crippen molar-refractivity contribution in [1.29, 1.82) is 0 Å². The lowest BCUT2D eigenvalue weighted by Gasteiger charge is -2.17. The molecule has 2 aromatic carbocycles. The van der Waals surface area contributed by atoms with E-state index in [1.807, 2.05) is 50.8 Å². The summed E-state index contributed by atoms with van der Waals surface area (Å²) < 4.78 is 6.74. The van der Waals surface area contributed by atoms with E-state index in [1.165, 1.54) is 21.9 Å². The normalized spacial score (nSPS) is 13.1. The van der Waals surface area contributed by atoms with Crippen molar-refractivity contribution in [3.63, 3.8) is 0 Å². The minimum Gasteiger partial charge on any atom is -0.491 e. The zero-order valence-corrected chi connectivity index (χ0v) is 20.6. The van der Waals surface area contributed by atoms with Gasteiger partial charge in [-0.1, -0.05) is 29.8 Å². The maximum absolute atomic E-state index is 12.9. The van der Waals surface area contributed by atoms with Crippen molar-refractivity contribution in [2.24, 2.45) is 0 Å². The number of benzene rings is 2. The van der Waals surface area contributed by atoms with Crippen LogP contribution in [0.15, 0.2) is 71.5 Å². The minimum atomic E-state index is -0.0197. The average molecular weight is 506 g/mol. The van der Waals surface area contributed by atoms with E-state index in [2.05, 4.69) is 61.5 Å². The fraction of sp³-hybridized carbons (Fsp3) is 0.259. The van der Waals surface area contributed by atoms with E-state index in [1.54, 1.807) is 0 Å². The Hall–Kier alpha value is -2.96. The van der Waals surface area contributed by atoms with Crippen LogP contribution in [-0.2, 0) is 4.79 Å². The Balaban J connectivity index is 1.54. The summed E-state index contributed by atoms with van der Waals surface area (Å²) in [5, 5.41) is 5.41. The third-order valence-electron chi connectivity index (χ3n) is 5.72. The Labute approximate surface area is 202 Å². The Morgan fingerprint density at radius 1 is 1.06 bits per heavy atom. The van der Waals surface area contributed by atoms with Crippen molar-refractivity contribution in [1.82, 2.24) is 9.88 Å². The molecule has 1 aromatic heterocycles. The molecule has 6 heteroatoms. The maximum atomic E-state index is 12.9. The molecule has 1 aliphatic carbocycles. The van der Waals surface area contributed by atoms with E-state index in [0.29, 0.717) is 13.0 Å². The quantitative estimate of drug-likeness (QED) is 0.503. The van der Waals surface area contributed by atoms with Gasteiger partial charge in [0.05, 0.1) is 4.47 Å². The van der Waals surface area contributed by atoms with Gasteiger partial charge >= 0.3 is 0 Å². The van der Waals surface area contributed by atoms with Gasteiger partial charge in [0.15, 0.2) is 0 Å². The van der Waals surface area contributed by atoms with Crippen LogP contribution < -0.4 is 20.5 Å². The smallest absolute Gasteiger partial charge is 0.228 e. The summed E-state index contributed by atoms with van der Waals surface area (Å²) in [5.74, 6) is 0.704. The van der Waals surface area contributed by atoms with Crippen LogP contribution >= 0.6 is 15.9 Å². The van der Waals surface area contributed by atoms with Crippen molar-refractivity contribution in [3.8, 4) is 5.75 Å². The Morgan fingerprint density at radius 3 is 2.58 bits per heavy atom. The average Bonchev–Trinajstić information content (AvgIpc) is 2.81. The SMILES string of the molecule is CN(C)CCOc1cc(NC(=O)CC2=c3ccccc3=C(c3ccncc3)CC2)ccc1Br. The second-order valence-corrected chi connectivity index (χ2v) is 9.24. The van der Waals surface area contributed by atoms with Crippen molar-refractivity contribution >= 4 is 38.7 Å². The van der Waals surface area contributed by atoms with Gasteiger partial charge in [-0.05, 0) is 88.7 Å². The number of carbonyl (C=O) groups is 1. The molecule has 0 bridgehead atoms. The minimum absolute atomic E-state index is 0.0197. The van der Waals surface area contributed by atoms with Gasteiger partial charge in [-0.2, -0.15) is 0 Å². The highest BCUT2D eigenvalue weighted by Crippen LogP contribution is 2.29. The molecule has 4 rings (SSSR count). The van der Waals surface area contributed by atoms with Crippen LogP contribution in [0.25, 0.3) is 11.1 Å². The molecular formula is C27H28BrN3O2. The second-order valence-electron chi connectivity index (χ2n) is 8.39. The molecule has 0 atom stereocenters. The molecule has 170 valence electrons. The Bertz CT molecular complexity index is 1260. The molecule has 5 nitrogen and oxygen atoms in total. The standard InChI is InChI=1S/C27H28BrN3O2/c1-31(2)15-16-33-26-18-21(8-10-25(26)28)30-27(32)17-20-7-9-23(19-11-13-29-14-12-19)24-6-4-3-5-22(20)24/h3-6,8,10-14,18H,7,9,15-17H2,1-2H3,(H,30,32). The molecule has 0 aliphatic heterocycles. The third kappa shape index (κ3) is 5.89. The number of hydrogen-bond donors (Lipinski definition) is 1. The molecule has 3 aromatic rings. The number of ether oxygens (including phenoxy) is 1. The van der Waals surface area contributed by atoms with E-state index >= 15 is 0 Å². The van der Waals surface area contributed by atoms with Gasteiger partial charge in [0.1, 0.15) is 12.4 Å². The van der Waals surface area contributed by atoms with E-state index in [-0.39, 0.29) is 5.91 Å². The summed E-state index contributed by atoms with van der Waals surface area (Å²) >= 11 is 3.52. The Morgan fingerprint density at radius 2 is 1.82 bits per heavy atom. The van der Waals surface area contributed by atoms with Crippen molar-refractivity contribution in [2.45, 2.75) is 19.3 Å². The number of halogens is 1. The van der Waals surface area contributed by atoms with E-state index < -0.39 is 0 Å². The first-order chi connectivity index (χ1) is 16.0. The number of carbonyl (C=O) groups excluding carboxylic acids is 1. The number of aromatic nitrogens is 1. The summed E-state index contributed by atoms with van der Waals surface area (Å²) in [7, 11) is 4.02. The number of rotatable bonds is 8. The van der Waals surface area contributed by atoms with Crippen molar-refractivity contribution in [3.05, 3.63) is 87.5 Å². The lowest BCUT2D eigenvalue weighted by Crippen LogP contribution is -2.33. The largest absolute Gasteiger partial charge is 0.491 e. The monoisotopic (exact) mass is 505 g/mol. The summed E-state index contributed by atoms with van der Waals surface area (Å²) in [6, 6.07) is 18.1. The van der Waals surface area contributed by atoms with Gasteiger partial charge in [-0.3, -0.25) is 9.78 Å². The van der Waals surface area contributed by atoms with Crippen LogP contribution in [0.4, 0.5) is 5.69 Å². The van der Waals surface area contributed by atoms with Gasteiger partial charge in [-0.15, -0.1) is 0 Å². The molecule has 0 radical (unpaired) electrons. The molecule has 0 unspecified atom stereocenters. The van der Waals surface area contributed by atoms with Crippen LogP contribution in [0.3, 0.4) is 0 Å². The van der Waals surface area contributed by atoms with E-state index in [0.717, 1.165) is 40.5 Å². The number of hydrogen-bond acceptors (Lipinski definition) is 4. The molecule has 0 saturated heterocycles. The zero-order chi connectivity index (χ0) is 23.2. The molecule has 0 spiro atoms. The van der Waals surface area contributed by atoms with Crippen LogP contribution in [0, 0.1) is 0 Å². The summed E-state index contributed by atoms with van der Waals surface area (Å²) in [5.41, 5.74) is 4.40. The van der Waals surface area contributed by atoms with Crippen LogP contribution in [-0.4, -0.2) is 43.0 Å². The van der Waals surface area contributed by atoms with Crippen molar-refractivity contribution in [2.75, 3.05) is 32.6 Å². The highest BCUT2D eigenvalue weighted by atomic mass is 79.9. The van der Waals surface area contributed by atoms with Gasteiger partial charge in [-0.25, -0.2) is 0 Å². The third-order valence-corrected chi connectivity index (χ3v) is 6.38. The summed E-state index contributed by atoms with van der Waals surface area (Å²) in [6.07, 6.45) is 5.79. The predicted molar refractivity (Wildman–Crippen MR) is 137 cm³/mol. The predicted octanol–water partition coefficient (Wildman–Crippen LogP) is 3.96. The highest BCUT2D eigenvalue weighted by molar-refractivity contribution is 9.10. The molecular weight excluding hydrogens is 478 g/mol. The molecule has 0 saturated carbocycles. The fourth-order valence-electron chi connectivity index (χ4n) is 4.07. The first-order valence-electron chi connectivity index (χ1n) is 11.1.